The lowest BCUT2D eigenvalue weighted by Crippen LogP contribution is -2.53. The van der Waals surface area contributed by atoms with Crippen LogP contribution in [0.15, 0.2) is 71.6 Å². The van der Waals surface area contributed by atoms with Gasteiger partial charge in [-0.3, -0.25) is 13.9 Å². The minimum atomic E-state index is -4.30. The largest absolute Gasteiger partial charge is 0.497 e. The van der Waals surface area contributed by atoms with Crippen molar-refractivity contribution in [1.82, 2.24) is 10.2 Å². The van der Waals surface area contributed by atoms with Crippen molar-refractivity contribution in [3.05, 3.63) is 82.3 Å². The third-order valence-electron chi connectivity index (χ3n) is 7.02. The molecule has 0 fully saturated rings. The molecule has 43 heavy (non-hydrogen) atoms. The van der Waals surface area contributed by atoms with Gasteiger partial charge in [-0.25, -0.2) is 8.42 Å². The Balaban J connectivity index is 2.12. The fraction of sp³-hybridized carbons (Fsp3) is 0.355. The first kappa shape index (κ1) is 34.0. The second-order valence-corrected chi connectivity index (χ2v) is 12.6. The van der Waals surface area contributed by atoms with E-state index in [9.17, 15) is 18.0 Å². The number of carbonyl (C=O) groups is 2. The van der Waals surface area contributed by atoms with Crippen LogP contribution in [0.25, 0.3) is 0 Å². The third-order valence-corrected chi connectivity index (χ3v) is 9.38. The maximum Gasteiger partial charge on any atom is 0.264 e. The Hall–Kier alpha value is -3.47. The maximum atomic E-state index is 14.3. The highest BCUT2D eigenvalue weighted by atomic mass is 35.5. The van der Waals surface area contributed by atoms with E-state index in [-0.39, 0.29) is 41.2 Å². The first-order valence-corrected chi connectivity index (χ1v) is 16.0. The van der Waals surface area contributed by atoms with E-state index in [4.69, 9.17) is 32.7 Å². The van der Waals surface area contributed by atoms with Gasteiger partial charge < -0.3 is 19.7 Å². The zero-order valence-electron chi connectivity index (χ0n) is 24.8. The number of anilines is 1. The van der Waals surface area contributed by atoms with E-state index >= 15 is 0 Å². The normalized spacial score (nSPS) is 12.6. The van der Waals surface area contributed by atoms with Gasteiger partial charge in [0.1, 0.15) is 24.1 Å². The van der Waals surface area contributed by atoms with Gasteiger partial charge in [-0.15, -0.1) is 0 Å². The van der Waals surface area contributed by atoms with Gasteiger partial charge in [0, 0.05) is 22.6 Å². The Bertz CT molecular complexity index is 1520. The van der Waals surface area contributed by atoms with Gasteiger partial charge in [0.05, 0.1) is 24.8 Å². The van der Waals surface area contributed by atoms with Crippen LogP contribution in [-0.4, -0.2) is 58.0 Å². The lowest BCUT2D eigenvalue weighted by molar-refractivity contribution is -0.140. The van der Waals surface area contributed by atoms with Crippen molar-refractivity contribution in [3.63, 3.8) is 0 Å². The van der Waals surface area contributed by atoms with Crippen LogP contribution in [0.3, 0.4) is 0 Å². The van der Waals surface area contributed by atoms with Gasteiger partial charge in [0.2, 0.25) is 11.8 Å². The molecule has 3 rings (SSSR count). The molecule has 232 valence electrons. The van der Waals surface area contributed by atoms with E-state index < -0.39 is 28.5 Å². The molecule has 2 amide bonds. The van der Waals surface area contributed by atoms with Gasteiger partial charge in [-0.2, -0.15) is 0 Å². The lowest BCUT2D eigenvalue weighted by atomic mass is 10.1. The summed E-state index contributed by atoms with van der Waals surface area (Å²) < 4.78 is 39.9. The predicted octanol–water partition coefficient (Wildman–Crippen LogP) is 5.93. The predicted molar refractivity (Wildman–Crippen MR) is 170 cm³/mol. The molecule has 0 spiro atoms. The average Bonchev–Trinajstić information content (AvgIpc) is 3.00. The zero-order valence-corrected chi connectivity index (χ0v) is 27.2. The molecule has 0 bridgehead atoms. The fourth-order valence-electron chi connectivity index (χ4n) is 4.42. The quantitative estimate of drug-likeness (QED) is 0.232. The number of hydrogen-bond acceptors (Lipinski definition) is 6. The molecule has 0 radical (unpaired) electrons. The highest BCUT2D eigenvalue weighted by molar-refractivity contribution is 7.92. The summed E-state index contributed by atoms with van der Waals surface area (Å²) in [5.41, 5.74) is 0.715. The average molecular weight is 651 g/mol. The van der Waals surface area contributed by atoms with E-state index in [1.807, 2.05) is 13.8 Å². The minimum absolute atomic E-state index is 0.0520. The van der Waals surface area contributed by atoms with Crippen molar-refractivity contribution >= 4 is 50.7 Å². The highest BCUT2D eigenvalue weighted by Gasteiger charge is 2.35. The summed E-state index contributed by atoms with van der Waals surface area (Å²) in [5.74, 6) is -0.235. The number of benzene rings is 3. The van der Waals surface area contributed by atoms with Crippen molar-refractivity contribution in [2.45, 2.75) is 57.1 Å². The van der Waals surface area contributed by atoms with Gasteiger partial charge in [0.25, 0.3) is 10.0 Å². The van der Waals surface area contributed by atoms with Crippen LogP contribution < -0.4 is 19.1 Å². The molecule has 0 aromatic heterocycles. The van der Waals surface area contributed by atoms with Crippen LogP contribution in [0.2, 0.25) is 10.0 Å². The molecule has 12 heteroatoms. The van der Waals surface area contributed by atoms with Crippen LogP contribution in [0.5, 0.6) is 11.5 Å². The number of hydrogen-bond donors (Lipinski definition) is 1. The van der Waals surface area contributed by atoms with E-state index in [1.165, 1.54) is 43.4 Å². The van der Waals surface area contributed by atoms with Crippen LogP contribution in [0.1, 0.15) is 39.2 Å². The van der Waals surface area contributed by atoms with Gasteiger partial charge in [-0.05, 0) is 73.9 Å². The summed E-state index contributed by atoms with van der Waals surface area (Å²) in [6, 6.07) is 16.2. The Morgan fingerprint density at radius 1 is 0.930 bits per heavy atom. The fourth-order valence-corrected chi connectivity index (χ4v) is 6.31. The van der Waals surface area contributed by atoms with E-state index in [2.05, 4.69) is 5.32 Å². The van der Waals surface area contributed by atoms with Gasteiger partial charge >= 0.3 is 0 Å². The molecular weight excluding hydrogens is 613 g/mol. The molecule has 3 aromatic rings. The first-order chi connectivity index (χ1) is 20.5. The van der Waals surface area contributed by atoms with Crippen LogP contribution in [-0.2, 0) is 26.2 Å². The number of nitrogens with one attached hydrogen (secondary N) is 1. The number of nitrogens with zero attached hydrogens (tertiary/aromatic N) is 2. The van der Waals surface area contributed by atoms with Crippen molar-refractivity contribution in [2.24, 2.45) is 0 Å². The summed E-state index contributed by atoms with van der Waals surface area (Å²) in [4.78, 5) is 29.0. The molecule has 0 saturated heterocycles. The number of rotatable bonds is 14. The van der Waals surface area contributed by atoms with Crippen LogP contribution >= 0.6 is 23.2 Å². The second kappa shape index (κ2) is 15.3. The number of ether oxygens (including phenoxy) is 2. The number of halogens is 2. The van der Waals surface area contributed by atoms with E-state index in [0.29, 0.717) is 27.8 Å². The smallest absolute Gasteiger partial charge is 0.264 e. The first-order valence-electron chi connectivity index (χ1n) is 13.8. The molecule has 9 nitrogen and oxygen atoms in total. The summed E-state index contributed by atoms with van der Waals surface area (Å²) in [5, 5.41) is 3.68. The third kappa shape index (κ3) is 8.34. The Labute approximate surface area is 263 Å². The SMILES string of the molecule is CC[C@H](C)NC(=O)[C@H](CC)N(Cc1ccc(Cl)cc1Cl)C(=O)CN(c1ccccc1OC)S(=O)(=O)c1ccc(OC)cc1. The second-order valence-electron chi connectivity index (χ2n) is 9.86. The molecule has 2 atom stereocenters. The Morgan fingerprint density at radius 3 is 2.19 bits per heavy atom. The Morgan fingerprint density at radius 2 is 1.60 bits per heavy atom. The number of para-hydroxylation sites is 2. The Kier molecular flexibility index (Phi) is 12.1. The summed E-state index contributed by atoms with van der Waals surface area (Å²) in [7, 11) is -1.40. The number of amides is 2. The summed E-state index contributed by atoms with van der Waals surface area (Å²) >= 11 is 12.6. The molecule has 0 heterocycles. The number of carbonyl (C=O) groups excluding carboxylic acids is 2. The summed E-state index contributed by atoms with van der Waals surface area (Å²) in [6.07, 6.45) is 0.972. The molecule has 0 aliphatic carbocycles. The van der Waals surface area contributed by atoms with Gasteiger partial charge in [0.15, 0.2) is 0 Å². The molecule has 0 saturated carbocycles. The molecule has 0 unspecified atom stereocenters. The highest BCUT2D eigenvalue weighted by Crippen LogP contribution is 2.33. The molecule has 3 aromatic carbocycles. The van der Waals surface area contributed by atoms with E-state index in [1.54, 1.807) is 49.4 Å². The summed E-state index contributed by atoms with van der Waals surface area (Å²) in [6.45, 7) is 4.93. The van der Waals surface area contributed by atoms with Gasteiger partial charge in [-0.1, -0.05) is 55.2 Å². The zero-order chi connectivity index (χ0) is 31.7. The topological polar surface area (TPSA) is 105 Å². The molecular formula is C31H37Cl2N3O6S. The standard InChI is InChI=1S/C31H37Cl2N3O6S/c1-6-21(3)34-31(38)27(7-2)35(19-22-12-13-23(32)18-26(22)33)30(37)20-36(28-10-8-9-11-29(28)42-5)43(39,40)25-16-14-24(41-4)15-17-25/h8-18,21,27H,6-7,19-20H2,1-5H3,(H,34,38)/t21-,27-/m0/s1. The lowest BCUT2D eigenvalue weighted by Gasteiger charge is -2.34. The van der Waals surface area contributed by atoms with Crippen molar-refractivity contribution in [2.75, 3.05) is 25.1 Å². The van der Waals surface area contributed by atoms with Crippen LogP contribution in [0.4, 0.5) is 5.69 Å². The number of methoxy groups -OCH3 is 2. The van der Waals surface area contributed by atoms with Crippen LogP contribution in [0, 0.1) is 0 Å². The molecule has 0 aliphatic rings. The molecule has 1 N–H and O–H groups in total. The van der Waals surface area contributed by atoms with Crippen molar-refractivity contribution < 1.29 is 27.5 Å². The van der Waals surface area contributed by atoms with E-state index in [0.717, 1.165) is 4.31 Å². The molecule has 0 aliphatic heterocycles. The van der Waals surface area contributed by atoms with Crippen molar-refractivity contribution in [3.8, 4) is 11.5 Å². The van der Waals surface area contributed by atoms with Crippen molar-refractivity contribution in [1.29, 1.82) is 0 Å². The monoisotopic (exact) mass is 649 g/mol. The minimum Gasteiger partial charge on any atom is -0.497 e. The maximum absolute atomic E-state index is 14.3. The number of sulfonamides is 1.